The molecule has 1 saturated heterocycles. The molecule has 0 atom stereocenters. The smallest absolute Gasteiger partial charge is 0.285 e. The van der Waals surface area contributed by atoms with Gasteiger partial charge >= 0.3 is 0 Å². The molecule has 6 rings (SSSR count). The van der Waals surface area contributed by atoms with Gasteiger partial charge in [-0.2, -0.15) is 5.01 Å². The number of carbonyl (C=O) groups excluding carboxylic acids is 2. The quantitative estimate of drug-likeness (QED) is 0.216. The van der Waals surface area contributed by atoms with Crippen LogP contribution in [0.25, 0.3) is 27.8 Å². The van der Waals surface area contributed by atoms with Gasteiger partial charge in [0.05, 0.1) is 4.91 Å². The Morgan fingerprint density at radius 2 is 1.62 bits per heavy atom. The lowest BCUT2D eigenvalue weighted by molar-refractivity contribution is -0.123. The van der Waals surface area contributed by atoms with E-state index in [2.05, 4.69) is 58.7 Å². The second-order valence-electron chi connectivity index (χ2n) is 8.74. The molecule has 1 fully saturated rings. The summed E-state index contributed by atoms with van der Waals surface area (Å²) in [6, 6.07) is 31.7. The molecule has 0 bridgehead atoms. The fourth-order valence-corrected chi connectivity index (χ4v) is 5.69. The Kier molecular flexibility index (Phi) is 6.08. The first-order valence-electron chi connectivity index (χ1n) is 11.8. The Labute approximate surface area is 223 Å². The van der Waals surface area contributed by atoms with Gasteiger partial charge in [0.1, 0.15) is 0 Å². The summed E-state index contributed by atoms with van der Waals surface area (Å²) in [5.41, 5.74) is 6.29. The van der Waals surface area contributed by atoms with Crippen molar-refractivity contribution in [3.05, 3.63) is 125 Å². The molecule has 37 heavy (non-hydrogen) atoms. The number of hydrogen-bond acceptors (Lipinski definition) is 4. The molecular weight excluding hydrogens is 498 g/mol. The van der Waals surface area contributed by atoms with Crippen molar-refractivity contribution in [1.29, 1.82) is 0 Å². The molecule has 0 aliphatic carbocycles. The van der Waals surface area contributed by atoms with Crippen LogP contribution in [-0.4, -0.2) is 25.7 Å². The highest BCUT2D eigenvalue weighted by molar-refractivity contribution is 8.26. The Bertz CT molecular complexity index is 1720. The van der Waals surface area contributed by atoms with Crippen LogP contribution in [0.2, 0.25) is 0 Å². The Morgan fingerprint density at radius 3 is 2.46 bits per heavy atom. The number of rotatable bonds is 5. The van der Waals surface area contributed by atoms with Gasteiger partial charge in [-0.3, -0.25) is 15.0 Å². The highest BCUT2D eigenvalue weighted by Crippen LogP contribution is 2.34. The molecule has 0 radical (unpaired) electrons. The highest BCUT2D eigenvalue weighted by atomic mass is 32.2. The monoisotopic (exact) mass is 519 g/mol. The van der Waals surface area contributed by atoms with Crippen LogP contribution in [0.4, 0.5) is 0 Å². The first kappa shape index (κ1) is 23.2. The number of para-hydroxylation sites is 1. The summed E-state index contributed by atoms with van der Waals surface area (Å²) in [6.45, 7) is 0.702. The number of hydrogen-bond donors (Lipinski definition) is 1. The van der Waals surface area contributed by atoms with Crippen molar-refractivity contribution in [2.24, 2.45) is 0 Å². The van der Waals surface area contributed by atoms with Crippen LogP contribution in [0.3, 0.4) is 0 Å². The lowest BCUT2D eigenvalue weighted by Gasteiger charge is -2.15. The van der Waals surface area contributed by atoms with Crippen molar-refractivity contribution in [2.45, 2.75) is 6.54 Å². The van der Waals surface area contributed by atoms with E-state index in [1.807, 2.05) is 36.4 Å². The fourth-order valence-electron chi connectivity index (χ4n) is 4.52. The van der Waals surface area contributed by atoms with Crippen LogP contribution in [0.1, 0.15) is 21.5 Å². The van der Waals surface area contributed by atoms with Gasteiger partial charge < -0.3 is 4.57 Å². The van der Waals surface area contributed by atoms with Gasteiger partial charge in [0.15, 0.2) is 4.32 Å². The van der Waals surface area contributed by atoms with Crippen LogP contribution in [0, 0.1) is 0 Å². The fraction of sp³-hybridized carbons (Fsp3) is 0.0333. The third-order valence-corrected chi connectivity index (χ3v) is 7.62. The van der Waals surface area contributed by atoms with Crippen molar-refractivity contribution < 1.29 is 9.59 Å². The number of fused-ring (bicyclic) bond motifs is 2. The number of carbonyl (C=O) groups is 2. The predicted molar refractivity (Wildman–Crippen MR) is 154 cm³/mol. The highest BCUT2D eigenvalue weighted by Gasteiger charge is 2.34. The Balaban J connectivity index is 1.29. The summed E-state index contributed by atoms with van der Waals surface area (Å²) < 4.78 is 2.49. The first-order valence-corrected chi connectivity index (χ1v) is 13.0. The normalized spacial score (nSPS) is 14.7. The number of thiocarbonyl (C=S) groups is 1. The maximum Gasteiger partial charge on any atom is 0.285 e. The maximum atomic E-state index is 13.2. The van der Waals surface area contributed by atoms with E-state index in [-0.39, 0.29) is 11.8 Å². The SMILES string of the molecule is O=C(NN1C(=O)/C(=C/c2cn(Cc3ccc4ccccc4c3)c3ccccc23)SC1=S)c1ccccc1. The van der Waals surface area contributed by atoms with Crippen LogP contribution in [0.5, 0.6) is 0 Å². The van der Waals surface area contributed by atoms with E-state index in [0.717, 1.165) is 21.5 Å². The molecule has 1 aliphatic rings. The minimum atomic E-state index is -0.384. The van der Waals surface area contributed by atoms with Gasteiger partial charge in [-0.15, -0.1) is 0 Å². The number of nitrogens with zero attached hydrogens (tertiary/aromatic N) is 2. The van der Waals surface area contributed by atoms with E-state index >= 15 is 0 Å². The van der Waals surface area contributed by atoms with Crippen LogP contribution in [-0.2, 0) is 11.3 Å². The Morgan fingerprint density at radius 1 is 0.892 bits per heavy atom. The Hall–Kier alpha value is -4.20. The second-order valence-corrected chi connectivity index (χ2v) is 10.4. The minimum absolute atomic E-state index is 0.292. The van der Waals surface area contributed by atoms with Crippen LogP contribution < -0.4 is 5.43 Å². The number of aromatic nitrogens is 1. The minimum Gasteiger partial charge on any atom is -0.342 e. The number of amides is 2. The standard InChI is InChI=1S/C30H21N3O2S2/c34-28(22-9-2-1-3-10-22)31-33-29(35)27(37-30(33)36)17-24-19-32(26-13-7-6-12-25(24)26)18-20-14-15-21-8-4-5-11-23(21)16-20/h1-17,19H,18H2,(H,31,34)/b27-17-. The molecular formula is C30H21N3O2S2. The van der Waals surface area contributed by atoms with Crippen molar-refractivity contribution in [2.75, 3.05) is 0 Å². The topological polar surface area (TPSA) is 54.3 Å². The zero-order valence-electron chi connectivity index (χ0n) is 19.6. The maximum absolute atomic E-state index is 13.2. The molecule has 1 aliphatic heterocycles. The molecule has 0 unspecified atom stereocenters. The average molecular weight is 520 g/mol. The third-order valence-electron chi connectivity index (χ3n) is 6.32. The van der Waals surface area contributed by atoms with E-state index in [0.29, 0.717) is 21.3 Å². The first-order chi connectivity index (χ1) is 18.1. The summed E-state index contributed by atoms with van der Waals surface area (Å²) in [5, 5.41) is 4.61. The lowest BCUT2D eigenvalue weighted by atomic mass is 10.1. The van der Waals surface area contributed by atoms with Gasteiger partial charge in [-0.05, 0) is 58.9 Å². The molecule has 2 heterocycles. The molecule has 2 amide bonds. The van der Waals surface area contributed by atoms with Gasteiger partial charge in [-0.25, -0.2) is 0 Å². The number of hydrazine groups is 1. The summed E-state index contributed by atoms with van der Waals surface area (Å²) in [5.74, 6) is -0.726. The van der Waals surface area contributed by atoms with E-state index in [1.54, 1.807) is 24.3 Å². The molecule has 5 nitrogen and oxygen atoms in total. The lowest BCUT2D eigenvalue weighted by Crippen LogP contribution is -2.44. The largest absolute Gasteiger partial charge is 0.342 e. The van der Waals surface area contributed by atoms with Gasteiger partial charge in [0, 0.05) is 34.8 Å². The van der Waals surface area contributed by atoms with E-state index < -0.39 is 0 Å². The van der Waals surface area contributed by atoms with Gasteiger partial charge in [-0.1, -0.05) is 84.6 Å². The molecule has 5 aromatic rings. The molecule has 1 N–H and O–H groups in total. The summed E-state index contributed by atoms with van der Waals surface area (Å²) in [4.78, 5) is 26.2. The van der Waals surface area contributed by atoms with E-state index in [4.69, 9.17) is 12.2 Å². The molecule has 7 heteroatoms. The average Bonchev–Trinajstić information content (AvgIpc) is 3.40. The summed E-state index contributed by atoms with van der Waals surface area (Å²) in [6.07, 6.45) is 3.92. The van der Waals surface area contributed by atoms with Crippen molar-refractivity contribution in [3.8, 4) is 0 Å². The van der Waals surface area contributed by atoms with Crippen molar-refractivity contribution in [3.63, 3.8) is 0 Å². The molecule has 180 valence electrons. The predicted octanol–water partition coefficient (Wildman–Crippen LogP) is 6.39. The van der Waals surface area contributed by atoms with Crippen LogP contribution >= 0.6 is 24.0 Å². The molecule has 0 saturated carbocycles. The number of benzene rings is 4. The van der Waals surface area contributed by atoms with Crippen molar-refractivity contribution >= 4 is 67.9 Å². The van der Waals surface area contributed by atoms with E-state index in [9.17, 15) is 9.59 Å². The number of nitrogens with one attached hydrogen (secondary N) is 1. The zero-order chi connectivity index (χ0) is 25.4. The summed E-state index contributed by atoms with van der Waals surface area (Å²) in [7, 11) is 0. The number of thioether (sulfide) groups is 1. The summed E-state index contributed by atoms with van der Waals surface area (Å²) >= 11 is 6.59. The van der Waals surface area contributed by atoms with Gasteiger partial charge in [0.25, 0.3) is 11.8 Å². The zero-order valence-corrected chi connectivity index (χ0v) is 21.3. The van der Waals surface area contributed by atoms with Crippen molar-refractivity contribution in [1.82, 2.24) is 15.0 Å². The molecule has 1 aromatic heterocycles. The third kappa shape index (κ3) is 4.55. The van der Waals surface area contributed by atoms with Crippen LogP contribution in [0.15, 0.2) is 108 Å². The van der Waals surface area contributed by atoms with Gasteiger partial charge in [0.2, 0.25) is 0 Å². The van der Waals surface area contributed by atoms with E-state index in [1.165, 1.54) is 28.1 Å². The molecule has 0 spiro atoms. The molecule has 4 aromatic carbocycles. The second kappa shape index (κ2) is 9.69.